The maximum atomic E-state index is 12.9. The molecule has 3 aromatic carbocycles. The van der Waals surface area contributed by atoms with Crippen molar-refractivity contribution < 1.29 is 9.59 Å². The summed E-state index contributed by atoms with van der Waals surface area (Å²) < 4.78 is 1.18. The molecule has 0 radical (unpaired) electrons. The zero-order valence-corrected chi connectivity index (χ0v) is 18.4. The molecular weight excluding hydrogens is 418 g/mol. The highest BCUT2D eigenvalue weighted by Crippen LogP contribution is 2.29. The predicted molar refractivity (Wildman–Crippen MR) is 129 cm³/mol. The van der Waals surface area contributed by atoms with Gasteiger partial charge < -0.3 is 10.2 Å². The Hall–Kier alpha value is -3.51. The molecule has 0 spiro atoms. The highest BCUT2D eigenvalue weighted by molar-refractivity contribution is 7.18. The largest absolute Gasteiger partial charge is 0.326 e. The molecule has 0 saturated heterocycles. The number of nitrogens with one attached hydrogen (secondary N) is 1. The Morgan fingerprint density at radius 3 is 2.59 bits per heavy atom. The number of anilines is 2. The first-order chi connectivity index (χ1) is 15.7. The molecule has 0 atom stereocenters. The van der Waals surface area contributed by atoms with E-state index in [0.29, 0.717) is 24.2 Å². The second-order valence-corrected chi connectivity index (χ2v) is 9.01. The number of benzene rings is 3. The maximum absolute atomic E-state index is 12.9. The van der Waals surface area contributed by atoms with Crippen LogP contribution in [0.25, 0.3) is 10.2 Å². The van der Waals surface area contributed by atoms with Crippen LogP contribution in [0.3, 0.4) is 0 Å². The average Bonchev–Trinajstić information content (AvgIpc) is 3.43. The number of thiazole rings is 1. The van der Waals surface area contributed by atoms with E-state index in [-0.39, 0.29) is 11.8 Å². The number of aryl methyl sites for hydroxylation is 1. The Labute approximate surface area is 190 Å². The zero-order chi connectivity index (χ0) is 21.9. The van der Waals surface area contributed by atoms with E-state index in [2.05, 4.69) is 22.4 Å². The summed E-state index contributed by atoms with van der Waals surface area (Å²) in [6, 6.07) is 23.2. The standard InChI is InChI=1S/C26H23N3O2S/c30-24(10-5-11-25-28-21-7-2-4-9-23(21)32-25)27-20-14-12-19(13-15-20)26(31)29-17-16-18-6-1-3-8-22(18)29/h1-4,6-9,12-15H,5,10-11,16-17H2,(H,27,30). The number of nitrogens with zero attached hydrogens (tertiary/aromatic N) is 2. The van der Waals surface area contributed by atoms with Crippen molar-refractivity contribution in [1.29, 1.82) is 0 Å². The molecule has 1 aromatic heterocycles. The molecule has 1 aliphatic heterocycles. The zero-order valence-electron chi connectivity index (χ0n) is 17.6. The third kappa shape index (κ3) is 4.27. The van der Waals surface area contributed by atoms with Gasteiger partial charge in [-0.05, 0) is 67.3 Å². The molecule has 5 rings (SSSR count). The Kier molecular flexibility index (Phi) is 5.69. The van der Waals surface area contributed by atoms with Gasteiger partial charge in [-0.1, -0.05) is 30.3 Å². The van der Waals surface area contributed by atoms with E-state index >= 15 is 0 Å². The molecule has 1 aliphatic rings. The molecule has 0 bridgehead atoms. The summed E-state index contributed by atoms with van der Waals surface area (Å²) in [4.78, 5) is 31.7. The van der Waals surface area contributed by atoms with Crippen molar-refractivity contribution >= 4 is 44.7 Å². The first kappa shape index (κ1) is 20.4. The summed E-state index contributed by atoms with van der Waals surface area (Å²) in [6.07, 6.45) is 2.85. The van der Waals surface area contributed by atoms with Gasteiger partial charge in [0, 0.05) is 29.9 Å². The first-order valence-corrected chi connectivity index (χ1v) is 11.6. The normalized spacial score (nSPS) is 12.7. The van der Waals surface area contributed by atoms with Gasteiger partial charge in [-0.3, -0.25) is 9.59 Å². The van der Waals surface area contributed by atoms with Crippen LogP contribution in [0, 0.1) is 0 Å². The second-order valence-electron chi connectivity index (χ2n) is 7.89. The lowest BCUT2D eigenvalue weighted by Gasteiger charge is -2.17. The van der Waals surface area contributed by atoms with E-state index in [1.165, 1.54) is 10.3 Å². The van der Waals surface area contributed by atoms with Gasteiger partial charge >= 0.3 is 0 Å². The van der Waals surface area contributed by atoms with Gasteiger partial charge in [-0.25, -0.2) is 4.98 Å². The van der Waals surface area contributed by atoms with Gasteiger partial charge in [0.1, 0.15) is 0 Å². The SMILES string of the molecule is O=C(CCCc1nc2ccccc2s1)Nc1ccc(C(=O)N2CCc3ccccc32)cc1. The van der Waals surface area contributed by atoms with Crippen molar-refractivity contribution in [1.82, 2.24) is 4.98 Å². The van der Waals surface area contributed by atoms with Crippen LogP contribution in [0.15, 0.2) is 72.8 Å². The second kappa shape index (κ2) is 8.93. The molecule has 6 heteroatoms. The maximum Gasteiger partial charge on any atom is 0.258 e. The fraction of sp³-hybridized carbons (Fsp3) is 0.192. The third-order valence-corrected chi connectivity index (χ3v) is 6.78. The molecule has 4 aromatic rings. The number of carbonyl (C=O) groups excluding carboxylic acids is 2. The van der Waals surface area contributed by atoms with Gasteiger partial charge in [0.15, 0.2) is 0 Å². The van der Waals surface area contributed by atoms with Crippen molar-refractivity contribution in [3.05, 3.63) is 88.9 Å². The number of hydrogen-bond donors (Lipinski definition) is 1. The molecule has 5 nitrogen and oxygen atoms in total. The van der Waals surface area contributed by atoms with Crippen molar-refractivity contribution in [2.45, 2.75) is 25.7 Å². The lowest BCUT2D eigenvalue weighted by molar-refractivity contribution is -0.116. The molecule has 32 heavy (non-hydrogen) atoms. The Balaban J connectivity index is 1.14. The summed E-state index contributed by atoms with van der Waals surface area (Å²) >= 11 is 1.68. The molecule has 160 valence electrons. The van der Waals surface area contributed by atoms with Crippen LogP contribution < -0.4 is 10.2 Å². The average molecular weight is 442 g/mol. The van der Waals surface area contributed by atoms with Crippen LogP contribution >= 0.6 is 11.3 Å². The number of para-hydroxylation sites is 2. The molecule has 0 fully saturated rings. The number of amides is 2. The topological polar surface area (TPSA) is 62.3 Å². The van der Waals surface area contributed by atoms with Gasteiger partial charge in [-0.2, -0.15) is 0 Å². The van der Waals surface area contributed by atoms with Crippen LogP contribution in [-0.2, 0) is 17.6 Å². The molecule has 0 unspecified atom stereocenters. The summed E-state index contributed by atoms with van der Waals surface area (Å²) in [6.45, 7) is 0.700. The van der Waals surface area contributed by atoms with Crippen LogP contribution in [0.1, 0.15) is 33.8 Å². The Morgan fingerprint density at radius 1 is 0.969 bits per heavy atom. The third-order valence-electron chi connectivity index (χ3n) is 5.68. The fourth-order valence-electron chi connectivity index (χ4n) is 4.05. The first-order valence-electron chi connectivity index (χ1n) is 10.8. The van der Waals surface area contributed by atoms with Crippen LogP contribution in [-0.4, -0.2) is 23.3 Å². The number of carbonyl (C=O) groups is 2. The minimum atomic E-state index is -0.0290. The van der Waals surface area contributed by atoms with E-state index in [9.17, 15) is 9.59 Å². The monoisotopic (exact) mass is 441 g/mol. The summed E-state index contributed by atoms with van der Waals surface area (Å²) in [5.41, 5.74) is 4.53. The Morgan fingerprint density at radius 2 is 1.75 bits per heavy atom. The quantitative estimate of drug-likeness (QED) is 0.432. The molecule has 2 heterocycles. The highest BCUT2D eigenvalue weighted by atomic mass is 32.1. The molecule has 2 amide bonds. The number of fused-ring (bicyclic) bond motifs is 2. The van der Waals surface area contributed by atoms with Gasteiger partial charge in [0.25, 0.3) is 5.91 Å². The lowest BCUT2D eigenvalue weighted by Crippen LogP contribution is -2.28. The van der Waals surface area contributed by atoms with E-state index in [0.717, 1.165) is 35.5 Å². The number of aromatic nitrogens is 1. The van der Waals surface area contributed by atoms with Crippen LogP contribution in [0.2, 0.25) is 0 Å². The van der Waals surface area contributed by atoms with Gasteiger partial charge in [0.05, 0.1) is 15.2 Å². The van der Waals surface area contributed by atoms with E-state index in [1.54, 1.807) is 35.6 Å². The molecule has 1 N–H and O–H groups in total. The lowest BCUT2D eigenvalue weighted by atomic mass is 10.1. The fourth-order valence-corrected chi connectivity index (χ4v) is 5.06. The minimum absolute atomic E-state index is 0.0105. The molecule has 0 saturated carbocycles. The number of hydrogen-bond acceptors (Lipinski definition) is 4. The highest BCUT2D eigenvalue weighted by Gasteiger charge is 2.25. The molecule has 0 aliphatic carbocycles. The van der Waals surface area contributed by atoms with Crippen LogP contribution in [0.5, 0.6) is 0 Å². The van der Waals surface area contributed by atoms with E-state index < -0.39 is 0 Å². The van der Waals surface area contributed by atoms with Crippen molar-refractivity contribution in [2.24, 2.45) is 0 Å². The van der Waals surface area contributed by atoms with Crippen molar-refractivity contribution in [3.8, 4) is 0 Å². The van der Waals surface area contributed by atoms with Crippen molar-refractivity contribution in [3.63, 3.8) is 0 Å². The molecular formula is C26H23N3O2S. The number of rotatable bonds is 6. The van der Waals surface area contributed by atoms with Crippen LogP contribution in [0.4, 0.5) is 11.4 Å². The Bertz CT molecular complexity index is 1250. The smallest absolute Gasteiger partial charge is 0.258 e. The predicted octanol–water partition coefficient (Wildman–Crippen LogP) is 5.46. The van der Waals surface area contributed by atoms with E-state index in [1.807, 2.05) is 41.3 Å². The minimum Gasteiger partial charge on any atom is -0.326 e. The summed E-state index contributed by atoms with van der Waals surface area (Å²) in [7, 11) is 0. The van der Waals surface area contributed by atoms with Gasteiger partial charge in [0.2, 0.25) is 5.91 Å². The van der Waals surface area contributed by atoms with Crippen molar-refractivity contribution in [2.75, 3.05) is 16.8 Å². The summed E-state index contributed by atoms with van der Waals surface area (Å²) in [5.74, 6) is -0.0395. The summed E-state index contributed by atoms with van der Waals surface area (Å²) in [5, 5.41) is 3.99. The van der Waals surface area contributed by atoms with Gasteiger partial charge in [-0.15, -0.1) is 11.3 Å². The van der Waals surface area contributed by atoms with E-state index in [4.69, 9.17) is 0 Å².